The van der Waals surface area contributed by atoms with Crippen molar-refractivity contribution in [2.45, 2.75) is 19.8 Å². The van der Waals surface area contributed by atoms with Gasteiger partial charge in [0.25, 0.3) is 0 Å². The number of nitrogens with zero attached hydrogens (tertiary/aromatic N) is 1. The number of ether oxygens (including phenoxy) is 2. The van der Waals surface area contributed by atoms with Gasteiger partial charge in [0, 0.05) is 40.5 Å². The Hall–Kier alpha value is -0.160. The molecule has 0 amide bonds. The Labute approximate surface area is 100 Å². The van der Waals surface area contributed by atoms with E-state index in [9.17, 15) is 0 Å². The maximum absolute atomic E-state index is 5.73. The fraction of sp³-hybridized carbons (Fsp3) is 1.00. The molecule has 0 aromatic heterocycles. The summed E-state index contributed by atoms with van der Waals surface area (Å²) in [6.07, 6.45) is 2.21. The maximum atomic E-state index is 5.73. The number of methoxy groups -OCH3 is 2. The van der Waals surface area contributed by atoms with Crippen molar-refractivity contribution >= 4 is 0 Å². The lowest BCUT2D eigenvalue weighted by Gasteiger charge is -2.26. The smallest absolute Gasteiger partial charge is 0.0589 e. The molecule has 0 aliphatic heterocycles. The fourth-order valence-electron chi connectivity index (χ4n) is 1.68. The molecular formula is C12H28N2O2. The molecule has 0 aromatic carbocycles. The number of hydrogen-bond donors (Lipinski definition) is 1. The molecule has 4 heteroatoms. The summed E-state index contributed by atoms with van der Waals surface area (Å²) in [4.78, 5) is 2.42. The second kappa shape index (κ2) is 11.3. The van der Waals surface area contributed by atoms with E-state index in [-0.39, 0.29) is 0 Å². The molecule has 0 spiro atoms. The zero-order valence-corrected chi connectivity index (χ0v) is 11.1. The molecule has 1 unspecified atom stereocenters. The Morgan fingerprint density at radius 1 is 1.12 bits per heavy atom. The van der Waals surface area contributed by atoms with Gasteiger partial charge in [0.05, 0.1) is 6.61 Å². The van der Waals surface area contributed by atoms with Crippen LogP contribution in [0.1, 0.15) is 19.8 Å². The van der Waals surface area contributed by atoms with Crippen LogP contribution < -0.4 is 5.73 Å². The summed E-state index contributed by atoms with van der Waals surface area (Å²) in [6.45, 7) is 7.69. The van der Waals surface area contributed by atoms with Crippen LogP contribution in [-0.2, 0) is 9.47 Å². The average Bonchev–Trinajstić information content (AvgIpc) is 2.32. The van der Waals surface area contributed by atoms with Crippen LogP contribution in [0.4, 0.5) is 0 Å². The Bertz CT molecular complexity index is 141. The predicted octanol–water partition coefficient (Wildman–Crippen LogP) is 0.956. The number of hydrogen-bond acceptors (Lipinski definition) is 4. The van der Waals surface area contributed by atoms with Crippen molar-refractivity contribution in [3.63, 3.8) is 0 Å². The minimum atomic E-state index is 0.597. The third-order valence-corrected chi connectivity index (χ3v) is 2.86. The van der Waals surface area contributed by atoms with Gasteiger partial charge in [-0.2, -0.15) is 0 Å². The largest absolute Gasteiger partial charge is 0.385 e. The highest BCUT2D eigenvalue weighted by atomic mass is 16.5. The van der Waals surface area contributed by atoms with E-state index in [0.717, 1.165) is 52.2 Å². The quantitative estimate of drug-likeness (QED) is 0.539. The molecule has 0 aliphatic carbocycles. The molecule has 0 aromatic rings. The summed E-state index contributed by atoms with van der Waals surface area (Å²) in [6, 6.07) is 0. The van der Waals surface area contributed by atoms with Crippen molar-refractivity contribution in [2.24, 2.45) is 11.7 Å². The van der Waals surface area contributed by atoms with E-state index in [2.05, 4.69) is 11.8 Å². The topological polar surface area (TPSA) is 47.7 Å². The highest BCUT2D eigenvalue weighted by Crippen LogP contribution is 2.04. The van der Waals surface area contributed by atoms with E-state index in [1.165, 1.54) is 0 Å². The van der Waals surface area contributed by atoms with Crippen LogP contribution in [0.5, 0.6) is 0 Å². The van der Waals surface area contributed by atoms with Crippen molar-refractivity contribution < 1.29 is 9.47 Å². The zero-order chi connectivity index (χ0) is 12.2. The van der Waals surface area contributed by atoms with E-state index in [4.69, 9.17) is 15.2 Å². The summed E-state index contributed by atoms with van der Waals surface area (Å²) >= 11 is 0. The molecule has 0 saturated heterocycles. The van der Waals surface area contributed by atoms with E-state index in [1.807, 2.05) is 0 Å². The Morgan fingerprint density at radius 3 is 2.31 bits per heavy atom. The highest BCUT2D eigenvalue weighted by Gasteiger charge is 2.10. The lowest BCUT2D eigenvalue weighted by atomic mass is 10.1. The van der Waals surface area contributed by atoms with E-state index in [0.29, 0.717) is 5.92 Å². The van der Waals surface area contributed by atoms with Crippen LogP contribution in [0.3, 0.4) is 0 Å². The van der Waals surface area contributed by atoms with Crippen LogP contribution in [0.25, 0.3) is 0 Å². The van der Waals surface area contributed by atoms with Gasteiger partial charge in [-0.25, -0.2) is 0 Å². The molecule has 98 valence electrons. The highest BCUT2D eigenvalue weighted by molar-refractivity contribution is 4.66. The second-order valence-electron chi connectivity index (χ2n) is 4.15. The first kappa shape index (κ1) is 15.8. The summed E-state index contributed by atoms with van der Waals surface area (Å²) in [5, 5.41) is 0. The van der Waals surface area contributed by atoms with Gasteiger partial charge < -0.3 is 20.1 Å². The summed E-state index contributed by atoms with van der Waals surface area (Å²) in [7, 11) is 3.49. The van der Waals surface area contributed by atoms with Gasteiger partial charge >= 0.3 is 0 Å². The standard InChI is InChI=1S/C12H28N2O2/c1-4-12(10-13)11-14(7-9-16-3)6-5-8-15-2/h12H,4-11,13H2,1-3H3. The van der Waals surface area contributed by atoms with Gasteiger partial charge in [0.1, 0.15) is 0 Å². The van der Waals surface area contributed by atoms with Crippen molar-refractivity contribution in [1.29, 1.82) is 0 Å². The van der Waals surface area contributed by atoms with E-state index >= 15 is 0 Å². The van der Waals surface area contributed by atoms with Crippen molar-refractivity contribution in [3.05, 3.63) is 0 Å². The zero-order valence-electron chi connectivity index (χ0n) is 11.1. The third-order valence-electron chi connectivity index (χ3n) is 2.86. The van der Waals surface area contributed by atoms with E-state index < -0.39 is 0 Å². The van der Waals surface area contributed by atoms with Gasteiger partial charge in [-0.05, 0) is 18.9 Å². The van der Waals surface area contributed by atoms with Gasteiger partial charge in [-0.15, -0.1) is 0 Å². The fourth-order valence-corrected chi connectivity index (χ4v) is 1.68. The molecule has 2 N–H and O–H groups in total. The molecule has 0 fully saturated rings. The van der Waals surface area contributed by atoms with Crippen LogP contribution in [-0.4, -0.2) is 58.5 Å². The maximum Gasteiger partial charge on any atom is 0.0589 e. The van der Waals surface area contributed by atoms with Crippen molar-refractivity contribution in [2.75, 3.05) is 53.6 Å². The van der Waals surface area contributed by atoms with Crippen molar-refractivity contribution in [1.82, 2.24) is 4.90 Å². The summed E-state index contributed by atoms with van der Waals surface area (Å²) < 4.78 is 10.2. The Balaban J connectivity index is 3.87. The van der Waals surface area contributed by atoms with Gasteiger partial charge in [-0.3, -0.25) is 0 Å². The van der Waals surface area contributed by atoms with Crippen LogP contribution in [0.15, 0.2) is 0 Å². The van der Waals surface area contributed by atoms with Crippen LogP contribution in [0.2, 0.25) is 0 Å². The van der Waals surface area contributed by atoms with Crippen molar-refractivity contribution in [3.8, 4) is 0 Å². The molecule has 16 heavy (non-hydrogen) atoms. The average molecular weight is 232 g/mol. The van der Waals surface area contributed by atoms with Gasteiger partial charge in [0.2, 0.25) is 0 Å². The Morgan fingerprint density at radius 2 is 1.81 bits per heavy atom. The third kappa shape index (κ3) is 8.05. The van der Waals surface area contributed by atoms with Gasteiger partial charge in [-0.1, -0.05) is 13.3 Å². The lowest BCUT2D eigenvalue weighted by Crippen LogP contribution is -2.36. The Kier molecular flexibility index (Phi) is 11.2. The molecule has 0 radical (unpaired) electrons. The van der Waals surface area contributed by atoms with E-state index in [1.54, 1.807) is 14.2 Å². The number of nitrogens with two attached hydrogens (primary N) is 1. The predicted molar refractivity (Wildman–Crippen MR) is 67.6 cm³/mol. The van der Waals surface area contributed by atoms with Crippen LogP contribution >= 0.6 is 0 Å². The molecule has 0 heterocycles. The summed E-state index contributed by atoms with van der Waals surface area (Å²) in [5.41, 5.74) is 5.73. The first-order valence-electron chi connectivity index (χ1n) is 6.18. The first-order valence-corrected chi connectivity index (χ1v) is 6.18. The monoisotopic (exact) mass is 232 g/mol. The lowest BCUT2D eigenvalue weighted by molar-refractivity contribution is 0.122. The molecule has 1 atom stereocenters. The molecule has 4 nitrogen and oxygen atoms in total. The SMILES string of the molecule is CCC(CN)CN(CCCOC)CCOC. The molecule has 0 aliphatic rings. The minimum absolute atomic E-state index is 0.597. The first-order chi connectivity index (χ1) is 7.78. The number of rotatable bonds is 11. The van der Waals surface area contributed by atoms with Crippen LogP contribution in [0, 0.1) is 5.92 Å². The molecule has 0 saturated carbocycles. The van der Waals surface area contributed by atoms with Gasteiger partial charge in [0.15, 0.2) is 0 Å². The second-order valence-corrected chi connectivity index (χ2v) is 4.15. The molecular weight excluding hydrogens is 204 g/mol. The normalized spacial score (nSPS) is 13.3. The molecule has 0 rings (SSSR count). The molecule has 0 bridgehead atoms. The minimum Gasteiger partial charge on any atom is -0.385 e. The summed E-state index contributed by atoms with van der Waals surface area (Å²) in [5.74, 6) is 0.597.